The van der Waals surface area contributed by atoms with Crippen molar-refractivity contribution >= 4 is 29.0 Å². The van der Waals surface area contributed by atoms with Crippen LogP contribution in [0.5, 0.6) is 0 Å². The molecule has 1 rings (SSSR count). The van der Waals surface area contributed by atoms with E-state index in [1.54, 1.807) is 6.92 Å². The van der Waals surface area contributed by atoms with E-state index in [-0.39, 0.29) is 16.7 Å². The standard InChI is InChI=1S/C9H7Cl2FO/c1-5-2-6(12)3-7(11)9(5)8(13)4-10/h2-3H,4H2,1H3. The van der Waals surface area contributed by atoms with Gasteiger partial charge in [-0.3, -0.25) is 4.79 Å². The molecule has 0 aliphatic rings. The van der Waals surface area contributed by atoms with Crippen LogP contribution < -0.4 is 0 Å². The number of ketones is 1. The van der Waals surface area contributed by atoms with Crippen LogP contribution in [0.2, 0.25) is 5.02 Å². The molecule has 1 nitrogen and oxygen atoms in total. The van der Waals surface area contributed by atoms with Gasteiger partial charge in [-0.05, 0) is 24.6 Å². The molecule has 4 heteroatoms. The van der Waals surface area contributed by atoms with Crippen molar-refractivity contribution in [3.05, 3.63) is 34.1 Å². The highest BCUT2D eigenvalue weighted by Crippen LogP contribution is 2.22. The van der Waals surface area contributed by atoms with Gasteiger partial charge in [0.05, 0.1) is 10.9 Å². The van der Waals surface area contributed by atoms with Crippen molar-refractivity contribution in [3.63, 3.8) is 0 Å². The SMILES string of the molecule is Cc1cc(F)cc(Cl)c1C(=O)CCl. The summed E-state index contributed by atoms with van der Waals surface area (Å²) in [6.07, 6.45) is 0. The van der Waals surface area contributed by atoms with Gasteiger partial charge in [0.25, 0.3) is 0 Å². The molecule has 70 valence electrons. The van der Waals surface area contributed by atoms with Crippen LogP contribution in [0, 0.1) is 12.7 Å². The number of benzene rings is 1. The molecule has 0 saturated carbocycles. The maximum atomic E-state index is 12.7. The van der Waals surface area contributed by atoms with Crippen molar-refractivity contribution in [3.8, 4) is 0 Å². The summed E-state index contributed by atoms with van der Waals surface area (Å²) in [6, 6.07) is 2.36. The first kappa shape index (κ1) is 10.5. The summed E-state index contributed by atoms with van der Waals surface area (Å²) in [7, 11) is 0. The number of Topliss-reactive ketones (excluding diaryl/α,β-unsaturated/α-hetero) is 1. The zero-order valence-corrected chi connectivity index (χ0v) is 8.42. The second kappa shape index (κ2) is 4.07. The fourth-order valence-corrected chi connectivity index (χ4v) is 1.61. The van der Waals surface area contributed by atoms with Crippen LogP contribution in [0.4, 0.5) is 4.39 Å². The van der Waals surface area contributed by atoms with Gasteiger partial charge >= 0.3 is 0 Å². The van der Waals surface area contributed by atoms with Gasteiger partial charge in [0.15, 0.2) is 5.78 Å². The third-order valence-corrected chi connectivity index (χ3v) is 2.19. The molecule has 13 heavy (non-hydrogen) atoms. The van der Waals surface area contributed by atoms with E-state index in [2.05, 4.69) is 0 Å². The number of alkyl halides is 1. The molecule has 0 aliphatic heterocycles. The number of carbonyl (C=O) groups excluding carboxylic acids is 1. The van der Waals surface area contributed by atoms with Gasteiger partial charge in [-0.15, -0.1) is 11.6 Å². The minimum Gasteiger partial charge on any atom is -0.293 e. The first-order chi connectivity index (χ1) is 6.06. The van der Waals surface area contributed by atoms with Crippen LogP contribution >= 0.6 is 23.2 Å². The monoisotopic (exact) mass is 220 g/mol. The summed E-state index contributed by atoms with van der Waals surface area (Å²) in [4.78, 5) is 11.2. The Hall–Kier alpha value is -0.600. The van der Waals surface area contributed by atoms with Crippen molar-refractivity contribution in [2.75, 3.05) is 5.88 Å². The molecule has 0 aliphatic carbocycles. The van der Waals surface area contributed by atoms with Crippen LogP contribution in [-0.2, 0) is 0 Å². The Labute approximate surface area is 85.5 Å². The normalized spacial score (nSPS) is 10.2. The molecule has 0 saturated heterocycles. The molecule has 0 spiro atoms. The fourth-order valence-electron chi connectivity index (χ4n) is 1.12. The van der Waals surface area contributed by atoms with E-state index in [0.717, 1.165) is 6.07 Å². The fraction of sp³-hybridized carbons (Fsp3) is 0.222. The van der Waals surface area contributed by atoms with Crippen LogP contribution in [0.15, 0.2) is 12.1 Å². The van der Waals surface area contributed by atoms with Crippen LogP contribution in [0.25, 0.3) is 0 Å². The molecule has 1 aromatic carbocycles. The largest absolute Gasteiger partial charge is 0.293 e. The predicted molar refractivity (Wildman–Crippen MR) is 51.2 cm³/mol. The summed E-state index contributed by atoms with van der Waals surface area (Å²) < 4.78 is 12.7. The van der Waals surface area contributed by atoms with Crippen molar-refractivity contribution < 1.29 is 9.18 Å². The summed E-state index contributed by atoms with van der Waals surface area (Å²) >= 11 is 11.1. The van der Waals surface area contributed by atoms with E-state index in [1.165, 1.54) is 6.07 Å². The van der Waals surface area contributed by atoms with Gasteiger partial charge in [0.1, 0.15) is 5.82 Å². The van der Waals surface area contributed by atoms with Gasteiger partial charge in [0.2, 0.25) is 0 Å². The molecule has 0 radical (unpaired) electrons. The summed E-state index contributed by atoms with van der Waals surface area (Å²) in [6.45, 7) is 1.62. The van der Waals surface area contributed by atoms with Gasteiger partial charge in [0, 0.05) is 5.56 Å². The maximum absolute atomic E-state index is 12.7. The number of rotatable bonds is 2. The van der Waals surface area contributed by atoms with E-state index in [1.807, 2.05) is 0 Å². The molecule has 0 N–H and O–H groups in total. The van der Waals surface area contributed by atoms with E-state index in [4.69, 9.17) is 23.2 Å². The Morgan fingerprint density at radius 1 is 1.54 bits per heavy atom. The number of aryl methyl sites for hydroxylation is 1. The first-order valence-electron chi connectivity index (χ1n) is 3.61. The molecule has 0 heterocycles. The highest BCUT2D eigenvalue weighted by Gasteiger charge is 2.13. The summed E-state index contributed by atoms with van der Waals surface area (Å²) in [5.74, 6) is -0.885. The maximum Gasteiger partial charge on any atom is 0.179 e. The Kier molecular flexibility index (Phi) is 3.28. The first-order valence-corrected chi connectivity index (χ1v) is 4.52. The van der Waals surface area contributed by atoms with Crippen molar-refractivity contribution in [1.82, 2.24) is 0 Å². The Morgan fingerprint density at radius 3 is 2.62 bits per heavy atom. The molecule has 0 amide bonds. The second-order valence-electron chi connectivity index (χ2n) is 2.64. The number of carbonyl (C=O) groups is 1. The minimum absolute atomic E-state index is 0.114. The van der Waals surface area contributed by atoms with Crippen molar-refractivity contribution in [1.29, 1.82) is 0 Å². The topological polar surface area (TPSA) is 17.1 Å². The lowest BCUT2D eigenvalue weighted by Crippen LogP contribution is -2.04. The van der Waals surface area contributed by atoms with Gasteiger partial charge in [-0.2, -0.15) is 0 Å². The highest BCUT2D eigenvalue weighted by atomic mass is 35.5. The van der Waals surface area contributed by atoms with Crippen molar-refractivity contribution in [2.45, 2.75) is 6.92 Å². The Balaban J connectivity index is 3.28. The molecule has 1 aromatic rings. The van der Waals surface area contributed by atoms with E-state index in [9.17, 15) is 9.18 Å². The number of hydrogen-bond donors (Lipinski definition) is 0. The average Bonchev–Trinajstić information content (AvgIpc) is 2.02. The highest BCUT2D eigenvalue weighted by molar-refractivity contribution is 6.37. The second-order valence-corrected chi connectivity index (χ2v) is 3.31. The Bertz CT molecular complexity index is 326. The smallest absolute Gasteiger partial charge is 0.179 e. The minimum atomic E-state index is -0.450. The molecule has 0 atom stereocenters. The molecular formula is C9H7Cl2FO. The molecule has 0 aromatic heterocycles. The molecule has 0 fully saturated rings. The van der Waals surface area contributed by atoms with E-state index < -0.39 is 5.82 Å². The zero-order valence-electron chi connectivity index (χ0n) is 6.90. The van der Waals surface area contributed by atoms with Gasteiger partial charge < -0.3 is 0 Å². The molecule has 0 unspecified atom stereocenters. The lowest BCUT2D eigenvalue weighted by Gasteiger charge is -2.05. The van der Waals surface area contributed by atoms with Gasteiger partial charge in [-0.25, -0.2) is 4.39 Å². The van der Waals surface area contributed by atoms with Crippen LogP contribution in [0.3, 0.4) is 0 Å². The zero-order chi connectivity index (χ0) is 10.0. The third kappa shape index (κ3) is 2.20. The third-order valence-electron chi connectivity index (χ3n) is 1.65. The lowest BCUT2D eigenvalue weighted by atomic mass is 10.1. The van der Waals surface area contributed by atoms with Crippen molar-refractivity contribution in [2.24, 2.45) is 0 Å². The summed E-state index contributed by atoms with van der Waals surface area (Å²) in [5.41, 5.74) is 0.814. The van der Waals surface area contributed by atoms with E-state index in [0.29, 0.717) is 11.1 Å². The van der Waals surface area contributed by atoms with Crippen LogP contribution in [-0.4, -0.2) is 11.7 Å². The van der Waals surface area contributed by atoms with Crippen LogP contribution in [0.1, 0.15) is 15.9 Å². The Morgan fingerprint density at radius 2 is 2.15 bits per heavy atom. The number of halogens is 3. The quantitative estimate of drug-likeness (QED) is 0.553. The number of hydrogen-bond acceptors (Lipinski definition) is 1. The summed E-state index contributed by atoms with van der Waals surface area (Å²) in [5, 5.41) is 0.114. The predicted octanol–water partition coefficient (Wildman–Crippen LogP) is 3.21. The molecule has 0 bridgehead atoms. The van der Waals surface area contributed by atoms with E-state index >= 15 is 0 Å². The average molecular weight is 221 g/mol. The lowest BCUT2D eigenvalue weighted by molar-refractivity contribution is 0.102. The van der Waals surface area contributed by atoms with Gasteiger partial charge in [-0.1, -0.05) is 11.6 Å². The molecular weight excluding hydrogens is 214 g/mol.